The predicted molar refractivity (Wildman–Crippen MR) is 99.4 cm³/mol. The molecule has 0 spiro atoms. The fourth-order valence-electron chi connectivity index (χ4n) is 3.14. The summed E-state index contributed by atoms with van der Waals surface area (Å²) in [6.45, 7) is 5.43. The molecule has 138 valence electrons. The van der Waals surface area contributed by atoms with Gasteiger partial charge in [-0.05, 0) is 42.0 Å². The molecule has 0 saturated heterocycles. The van der Waals surface area contributed by atoms with Crippen LogP contribution in [0.3, 0.4) is 0 Å². The van der Waals surface area contributed by atoms with E-state index in [0.717, 1.165) is 29.9 Å². The van der Waals surface area contributed by atoms with Crippen molar-refractivity contribution in [2.75, 3.05) is 6.54 Å². The Kier molecular flexibility index (Phi) is 5.87. The van der Waals surface area contributed by atoms with E-state index in [9.17, 15) is 9.18 Å². The Morgan fingerprint density at radius 2 is 2.19 bits per heavy atom. The van der Waals surface area contributed by atoms with Gasteiger partial charge in [-0.3, -0.25) is 4.79 Å². The summed E-state index contributed by atoms with van der Waals surface area (Å²) < 4.78 is 13.9. The average Bonchev–Trinajstić information content (AvgIpc) is 2.59. The summed E-state index contributed by atoms with van der Waals surface area (Å²) in [4.78, 5) is 23.4. The number of carbonyl (C=O) groups excluding carboxylic acids is 1. The minimum atomic E-state index is -0.361. The molecule has 0 saturated carbocycles. The topological polar surface area (TPSA) is 46.1 Å². The Balaban J connectivity index is 1.63. The van der Waals surface area contributed by atoms with Gasteiger partial charge >= 0.3 is 0 Å². The van der Waals surface area contributed by atoms with Crippen LogP contribution in [0.25, 0.3) is 0 Å². The number of fused-ring (bicyclic) bond motifs is 1. The first kappa shape index (κ1) is 18.8. The summed E-state index contributed by atoms with van der Waals surface area (Å²) in [5, 5.41) is 0.363. The SMILES string of the molecule is CC(C)Cc1ncc2c(n1)CN(C(=O)CCc1ccc(Cl)cc1F)CC2. The van der Waals surface area contributed by atoms with Gasteiger partial charge in [0.1, 0.15) is 11.6 Å². The third-order valence-corrected chi connectivity index (χ3v) is 4.80. The lowest BCUT2D eigenvalue weighted by molar-refractivity contribution is -0.132. The van der Waals surface area contributed by atoms with E-state index in [-0.39, 0.29) is 18.1 Å². The number of nitrogens with zero attached hydrogens (tertiary/aromatic N) is 3. The molecule has 1 aliphatic rings. The summed E-state index contributed by atoms with van der Waals surface area (Å²) in [7, 11) is 0. The van der Waals surface area contributed by atoms with Crippen LogP contribution in [0.2, 0.25) is 5.02 Å². The van der Waals surface area contributed by atoms with Gasteiger partial charge < -0.3 is 4.90 Å². The van der Waals surface area contributed by atoms with Crippen LogP contribution in [0.4, 0.5) is 4.39 Å². The van der Waals surface area contributed by atoms with Gasteiger partial charge in [-0.1, -0.05) is 31.5 Å². The maximum absolute atomic E-state index is 13.9. The number of rotatable bonds is 5. The van der Waals surface area contributed by atoms with Crippen molar-refractivity contribution >= 4 is 17.5 Å². The zero-order chi connectivity index (χ0) is 18.7. The maximum Gasteiger partial charge on any atom is 0.223 e. The molecule has 0 unspecified atom stereocenters. The van der Waals surface area contributed by atoms with Crippen LogP contribution < -0.4 is 0 Å². The molecule has 2 aromatic rings. The van der Waals surface area contributed by atoms with E-state index in [1.54, 1.807) is 12.1 Å². The largest absolute Gasteiger partial charge is 0.336 e. The van der Waals surface area contributed by atoms with E-state index in [2.05, 4.69) is 23.8 Å². The molecule has 0 bridgehead atoms. The number of aromatic nitrogens is 2. The van der Waals surface area contributed by atoms with Crippen molar-refractivity contribution in [3.05, 3.63) is 57.9 Å². The van der Waals surface area contributed by atoms with E-state index >= 15 is 0 Å². The van der Waals surface area contributed by atoms with Gasteiger partial charge in [0.05, 0.1) is 12.2 Å². The number of halogens is 2. The van der Waals surface area contributed by atoms with E-state index in [1.807, 2.05) is 11.1 Å². The first-order valence-corrected chi connectivity index (χ1v) is 9.35. The van der Waals surface area contributed by atoms with Gasteiger partial charge in [-0.2, -0.15) is 0 Å². The molecule has 0 radical (unpaired) electrons. The Bertz CT molecular complexity index is 810. The average molecular weight is 376 g/mol. The minimum Gasteiger partial charge on any atom is -0.336 e. The molecule has 1 aromatic carbocycles. The van der Waals surface area contributed by atoms with Crippen molar-refractivity contribution < 1.29 is 9.18 Å². The van der Waals surface area contributed by atoms with Crippen LogP contribution >= 0.6 is 11.6 Å². The second-order valence-electron chi connectivity index (χ2n) is 7.16. The number of hydrogen-bond donors (Lipinski definition) is 0. The van der Waals surface area contributed by atoms with Gasteiger partial charge in [0.25, 0.3) is 0 Å². The highest BCUT2D eigenvalue weighted by molar-refractivity contribution is 6.30. The smallest absolute Gasteiger partial charge is 0.223 e. The molecule has 0 N–H and O–H groups in total. The monoisotopic (exact) mass is 375 g/mol. The third kappa shape index (κ3) is 4.58. The second-order valence-corrected chi connectivity index (χ2v) is 7.59. The molecule has 1 aromatic heterocycles. The molecule has 0 fully saturated rings. The predicted octanol–water partition coefficient (Wildman–Crippen LogP) is 3.99. The van der Waals surface area contributed by atoms with Gasteiger partial charge in [0.15, 0.2) is 0 Å². The molecule has 1 aliphatic heterocycles. The fraction of sp³-hybridized carbons (Fsp3) is 0.450. The maximum atomic E-state index is 13.9. The Hall–Kier alpha value is -2.01. The standard InChI is InChI=1S/C20H23ClFN3O/c1-13(2)9-19-23-11-15-7-8-25(12-18(15)24-19)20(26)6-4-14-3-5-16(21)10-17(14)22/h3,5,10-11,13H,4,6-9,12H2,1-2H3. The molecular formula is C20H23ClFN3O. The van der Waals surface area contributed by atoms with Crippen molar-refractivity contribution in [3.63, 3.8) is 0 Å². The highest BCUT2D eigenvalue weighted by Gasteiger charge is 2.22. The van der Waals surface area contributed by atoms with Crippen LogP contribution in [0.1, 0.15) is 42.9 Å². The number of carbonyl (C=O) groups is 1. The van der Waals surface area contributed by atoms with Gasteiger partial charge in [-0.25, -0.2) is 14.4 Å². The summed E-state index contributed by atoms with van der Waals surface area (Å²) in [5.74, 6) is 0.981. The van der Waals surface area contributed by atoms with Gasteiger partial charge in [0.2, 0.25) is 5.91 Å². The molecular weight excluding hydrogens is 353 g/mol. The molecule has 0 aliphatic carbocycles. The second kappa shape index (κ2) is 8.12. The molecule has 2 heterocycles. The molecule has 1 amide bonds. The Labute approximate surface area is 158 Å². The highest BCUT2D eigenvalue weighted by atomic mass is 35.5. The van der Waals surface area contributed by atoms with Crippen molar-refractivity contribution in [1.29, 1.82) is 0 Å². The summed E-state index contributed by atoms with van der Waals surface area (Å²) >= 11 is 5.77. The Morgan fingerprint density at radius 3 is 2.92 bits per heavy atom. The molecule has 26 heavy (non-hydrogen) atoms. The summed E-state index contributed by atoms with van der Waals surface area (Å²) in [5.41, 5.74) is 2.57. The van der Waals surface area contributed by atoms with Crippen LogP contribution in [-0.4, -0.2) is 27.3 Å². The lowest BCUT2D eigenvalue weighted by atomic mass is 10.0. The fourth-order valence-corrected chi connectivity index (χ4v) is 3.30. The summed E-state index contributed by atoms with van der Waals surface area (Å²) in [6, 6.07) is 4.57. The normalized spacial score (nSPS) is 13.8. The first-order chi connectivity index (χ1) is 12.4. The first-order valence-electron chi connectivity index (χ1n) is 8.97. The van der Waals surface area contributed by atoms with E-state index in [4.69, 9.17) is 11.6 Å². The molecule has 0 atom stereocenters. The summed E-state index contributed by atoms with van der Waals surface area (Å²) in [6.07, 6.45) is 4.13. The number of amides is 1. The van der Waals surface area contributed by atoms with Crippen molar-refractivity contribution in [2.45, 2.75) is 46.1 Å². The minimum absolute atomic E-state index is 0.0222. The van der Waals surface area contributed by atoms with Crippen LogP contribution in [0, 0.1) is 11.7 Å². The van der Waals surface area contributed by atoms with E-state index in [1.165, 1.54) is 6.07 Å². The number of benzene rings is 1. The quantitative estimate of drug-likeness (QED) is 0.793. The van der Waals surface area contributed by atoms with Crippen LogP contribution in [0.5, 0.6) is 0 Å². The lowest BCUT2D eigenvalue weighted by Gasteiger charge is -2.28. The Morgan fingerprint density at radius 1 is 1.38 bits per heavy atom. The third-order valence-electron chi connectivity index (χ3n) is 4.56. The van der Waals surface area contributed by atoms with Crippen molar-refractivity contribution in [3.8, 4) is 0 Å². The lowest BCUT2D eigenvalue weighted by Crippen LogP contribution is -2.37. The molecule has 4 nitrogen and oxygen atoms in total. The highest BCUT2D eigenvalue weighted by Crippen LogP contribution is 2.20. The molecule has 6 heteroatoms. The number of hydrogen-bond acceptors (Lipinski definition) is 3. The zero-order valence-corrected chi connectivity index (χ0v) is 15.9. The van der Waals surface area contributed by atoms with Crippen LogP contribution in [0.15, 0.2) is 24.4 Å². The van der Waals surface area contributed by atoms with E-state index in [0.29, 0.717) is 36.0 Å². The van der Waals surface area contributed by atoms with Crippen molar-refractivity contribution in [2.24, 2.45) is 5.92 Å². The van der Waals surface area contributed by atoms with E-state index < -0.39 is 0 Å². The zero-order valence-electron chi connectivity index (χ0n) is 15.1. The van der Waals surface area contributed by atoms with Gasteiger partial charge in [-0.15, -0.1) is 0 Å². The van der Waals surface area contributed by atoms with Gasteiger partial charge in [0, 0.05) is 30.6 Å². The van der Waals surface area contributed by atoms with Crippen molar-refractivity contribution in [1.82, 2.24) is 14.9 Å². The van der Waals surface area contributed by atoms with Crippen LogP contribution in [-0.2, 0) is 30.6 Å². The molecule has 3 rings (SSSR count). The number of aryl methyl sites for hydroxylation is 1.